The van der Waals surface area contributed by atoms with E-state index in [4.69, 9.17) is 0 Å². The van der Waals surface area contributed by atoms with Gasteiger partial charge in [0, 0.05) is 12.1 Å². The van der Waals surface area contributed by atoms with Crippen LogP contribution < -0.4 is 5.32 Å². The highest BCUT2D eigenvalue weighted by molar-refractivity contribution is 5.37. The highest BCUT2D eigenvalue weighted by Crippen LogP contribution is 2.32. The maximum Gasteiger partial charge on any atom is 0.251 e. The molecule has 0 aromatic carbocycles. The number of nitrogens with one attached hydrogen (secondary N) is 1. The Morgan fingerprint density at radius 2 is 1.84 bits per heavy atom. The fourth-order valence-electron chi connectivity index (χ4n) is 2.86. The van der Waals surface area contributed by atoms with Gasteiger partial charge in [-0.3, -0.25) is 0 Å². The number of aromatic nitrogens is 1. The molecule has 2 nitrogen and oxygen atoms in total. The minimum Gasteiger partial charge on any atom is -0.365 e. The van der Waals surface area contributed by atoms with Crippen molar-refractivity contribution in [1.29, 1.82) is 0 Å². The van der Waals surface area contributed by atoms with E-state index in [1.807, 2.05) is 0 Å². The minimum atomic E-state index is -1.26. The van der Waals surface area contributed by atoms with Gasteiger partial charge in [0.2, 0.25) is 0 Å². The van der Waals surface area contributed by atoms with Crippen LogP contribution in [0.15, 0.2) is 6.07 Å². The zero-order valence-electron chi connectivity index (χ0n) is 11.2. The Morgan fingerprint density at radius 1 is 1.16 bits per heavy atom. The van der Waals surface area contributed by atoms with E-state index in [1.165, 1.54) is 0 Å². The van der Waals surface area contributed by atoms with Crippen LogP contribution in [-0.2, 0) is 0 Å². The highest BCUT2D eigenvalue weighted by atomic mass is 19.2. The van der Waals surface area contributed by atoms with Crippen molar-refractivity contribution in [2.24, 2.45) is 11.8 Å². The number of hydrogen-bond acceptors (Lipinski definition) is 2. The fourth-order valence-corrected chi connectivity index (χ4v) is 2.86. The van der Waals surface area contributed by atoms with Gasteiger partial charge in [-0.1, -0.05) is 26.7 Å². The van der Waals surface area contributed by atoms with Crippen LogP contribution in [0.5, 0.6) is 0 Å². The van der Waals surface area contributed by atoms with Gasteiger partial charge in [-0.15, -0.1) is 0 Å². The van der Waals surface area contributed by atoms with Crippen LogP contribution in [0.1, 0.15) is 39.5 Å². The summed E-state index contributed by atoms with van der Waals surface area (Å²) in [7, 11) is 0. The van der Waals surface area contributed by atoms with Gasteiger partial charge in [-0.2, -0.15) is 9.37 Å². The molecule has 0 aliphatic heterocycles. The third-order valence-electron chi connectivity index (χ3n) is 3.88. The Morgan fingerprint density at radius 3 is 2.53 bits per heavy atom. The Bertz CT molecular complexity index is 449. The zero-order chi connectivity index (χ0) is 14.0. The van der Waals surface area contributed by atoms with E-state index >= 15 is 0 Å². The van der Waals surface area contributed by atoms with Gasteiger partial charge in [0.1, 0.15) is 0 Å². The predicted octanol–water partition coefficient (Wildman–Crippen LogP) is 4.13. The second-order valence-corrected chi connectivity index (χ2v) is 5.53. The van der Waals surface area contributed by atoms with Crippen molar-refractivity contribution < 1.29 is 13.2 Å². The van der Waals surface area contributed by atoms with Gasteiger partial charge in [0.15, 0.2) is 17.5 Å². The number of anilines is 1. The van der Waals surface area contributed by atoms with Crippen LogP contribution >= 0.6 is 0 Å². The van der Waals surface area contributed by atoms with Gasteiger partial charge < -0.3 is 5.32 Å². The Labute approximate surface area is 111 Å². The molecule has 1 aliphatic rings. The SMILES string of the molecule is CC(C)C1CCCCC1Nc1nc(F)c(F)cc1F. The van der Waals surface area contributed by atoms with Crippen LogP contribution in [0, 0.1) is 29.4 Å². The van der Waals surface area contributed by atoms with Crippen LogP contribution in [-0.4, -0.2) is 11.0 Å². The van der Waals surface area contributed by atoms with Gasteiger partial charge in [-0.25, -0.2) is 8.78 Å². The summed E-state index contributed by atoms with van der Waals surface area (Å²) < 4.78 is 39.5. The lowest BCUT2D eigenvalue weighted by Gasteiger charge is -2.35. The second kappa shape index (κ2) is 5.80. The summed E-state index contributed by atoms with van der Waals surface area (Å²) in [6.07, 6.45) is 4.20. The molecular weight excluding hydrogens is 253 g/mol. The molecule has 0 saturated heterocycles. The topological polar surface area (TPSA) is 24.9 Å². The average Bonchev–Trinajstić information content (AvgIpc) is 2.36. The van der Waals surface area contributed by atoms with Crippen molar-refractivity contribution in [2.45, 2.75) is 45.6 Å². The Kier molecular flexibility index (Phi) is 4.32. The minimum absolute atomic E-state index is 0.0700. The summed E-state index contributed by atoms with van der Waals surface area (Å²) in [5.74, 6) is -2.68. The summed E-state index contributed by atoms with van der Waals surface area (Å²) in [4.78, 5) is 3.33. The molecule has 1 N–H and O–H groups in total. The number of rotatable bonds is 3. The number of halogens is 3. The maximum absolute atomic E-state index is 13.6. The largest absolute Gasteiger partial charge is 0.365 e. The Hall–Kier alpha value is -1.26. The van der Waals surface area contributed by atoms with E-state index in [0.29, 0.717) is 17.9 Å². The molecule has 1 fully saturated rings. The molecule has 0 radical (unpaired) electrons. The Balaban J connectivity index is 2.17. The standard InChI is InChI=1S/C14H19F3N2/c1-8(2)9-5-3-4-6-12(9)18-14-11(16)7-10(15)13(17)19-14/h7-9,12H,3-6H2,1-2H3,(H,18,19). The quantitative estimate of drug-likeness (QED) is 0.837. The molecular formula is C14H19F3N2. The van der Waals surface area contributed by atoms with Crippen LogP contribution in [0.3, 0.4) is 0 Å². The first kappa shape index (κ1) is 14.2. The van der Waals surface area contributed by atoms with Crippen molar-refractivity contribution in [1.82, 2.24) is 4.98 Å². The van der Waals surface area contributed by atoms with E-state index < -0.39 is 17.6 Å². The van der Waals surface area contributed by atoms with Crippen LogP contribution in [0.2, 0.25) is 0 Å². The van der Waals surface area contributed by atoms with Crippen molar-refractivity contribution in [2.75, 3.05) is 5.32 Å². The lowest BCUT2D eigenvalue weighted by Crippen LogP contribution is -2.35. The summed E-state index contributed by atoms with van der Waals surface area (Å²) in [5.41, 5.74) is 0. The van der Waals surface area contributed by atoms with Crippen molar-refractivity contribution >= 4 is 5.82 Å². The first-order chi connectivity index (χ1) is 8.99. The smallest absolute Gasteiger partial charge is 0.251 e. The van der Waals surface area contributed by atoms with Gasteiger partial charge >= 0.3 is 0 Å². The van der Waals surface area contributed by atoms with E-state index in [2.05, 4.69) is 24.1 Å². The molecule has 2 unspecified atom stereocenters. The van der Waals surface area contributed by atoms with E-state index in [0.717, 1.165) is 25.7 Å². The van der Waals surface area contributed by atoms with Gasteiger partial charge in [-0.05, 0) is 24.7 Å². The van der Waals surface area contributed by atoms with E-state index in [9.17, 15) is 13.2 Å². The molecule has 0 spiro atoms. The summed E-state index contributed by atoms with van der Waals surface area (Å²) in [6, 6.07) is 0.610. The molecule has 2 atom stereocenters. The van der Waals surface area contributed by atoms with E-state index in [1.54, 1.807) is 0 Å². The number of pyridine rings is 1. The first-order valence-corrected chi connectivity index (χ1v) is 6.77. The number of hydrogen-bond donors (Lipinski definition) is 1. The molecule has 1 saturated carbocycles. The summed E-state index contributed by atoms with van der Waals surface area (Å²) in [6.45, 7) is 4.25. The molecule has 19 heavy (non-hydrogen) atoms. The molecule has 2 rings (SSSR count). The average molecular weight is 272 g/mol. The van der Waals surface area contributed by atoms with Gasteiger partial charge in [0.25, 0.3) is 5.95 Å². The van der Waals surface area contributed by atoms with Crippen molar-refractivity contribution in [3.63, 3.8) is 0 Å². The molecule has 1 aromatic rings. The van der Waals surface area contributed by atoms with Crippen molar-refractivity contribution in [3.8, 4) is 0 Å². The number of nitrogens with zero attached hydrogens (tertiary/aromatic N) is 1. The second-order valence-electron chi connectivity index (χ2n) is 5.53. The van der Waals surface area contributed by atoms with Crippen LogP contribution in [0.25, 0.3) is 0 Å². The molecule has 0 amide bonds. The molecule has 1 heterocycles. The normalized spacial score (nSPS) is 23.7. The molecule has 106 valence electrons. The van der Waals surface area contributed by atoms with Gasteiger partial charge in [0.05, 0.1) is 0 Å². The van der Waals surface area contributed by atoms with E-state index in [-0.39, 0.29) is 11.9 Å². The van der Waals surface area contributed by atoms with Crippen molar-refractivity contribution in [3.05, 3.63) is 23.6 Å². The lowest BCUT2D eigenvalue weighted by atomic mass is 9.78. The molecule has 1 aromatic heterocycles. The highest BCUT2D eigenvalue weighted by Gasteiger charge is 2.28. The predicted molar refractivity (Wildman–Crippen MR) is 68.3 cm³/mol. The lowest BCUT2D eigenvalue weighted by molar-refractivity contribution is 0.252. The first-order valence-electron chi connectivity index (χ1n) is 6.77. The third kappa shape index (κ3) is 3.19. The monoisotopic (exact) mass is 272 g/mol. The molecule has 5 heteroatoms. The summed E-state index contributed by atoms with van der Waals surface area (Å²) >= 11 is 0. The maximum atomic E-state index is 13.6. The fraction of sp³-hybridized carbons (Fsp3) is 0.643. The summed E-state index contributed by atoms with van der Waals surface area (Å²) in [5, 5.41) is 2.96. The van der Waals surface area contributed by atoms with Crippen LogP contribution in [0.4, 0.5) is 19.0 Å². The molecule has 0 bridgehead atoms. The zero-order valence-corrected chi connectivity index (χ0v) is 11.2. The third-order valence-corrected chi connectivity index (χ3v) is 3.88. The molecule has 1 aliphatic carbocycles.